The summed E-state index contributed by atoms with van der Waals surface area (Å²) in [5.74, 6) is -2.88. The van der Waals surface area contributed by atoms with E-state index in [0.717, 1.165) is 41.3 Å². The van der Waals surface area contributed by atoms with Gasteiger partial charge in [0.2, 0.25) is 0 Å². The third kappa shape index (κ3) is 5.12. The number of hydrogen-bond acceptors (Lipinski definition) is 7. The number of pyridine rings is 1. The largest absolute Gasteiger partial charge is 0.481 e. The summed E-state index contributed by atoms with van der Waals surface area (Å²) in [6, 6.07) is 12.6. The van der Waals surface area contributed by atoms with Crippen LogP contribution in [0.3, 0.4) is 0 Å². The van der Waals surface area contributed by atoms with Gasteiger partial charge in [0.05, 0.1) is 16.5 Å². The minimum atomic E-state index is -4.31. The number of carboxylic acids is 1. The number of nitrogens with one attached hydrogen (secondary N) is 1. The quantitative estimate of drug-likeness (QED) is 0.215. The Morgan fingerprint density at radius 2 is 1.73 bits per heavy atom. The number of nitrogens with zero attached hydrogens (tertiary/aromatic N) is 4. The molecule has 3 aliphatic carbocycles. The molecule has 12 heteroatoms. The van der Waals surface area contributed by atoms with Crippen molar-refractivity contribution >= 4 is 32.7 Å². The van der Waals surface area contributed by atoms with Crippen LogP contribution in [0.5, 0.6) is 0 Å². The third-order valence-electron chi connectivity index (χ3n) is 9.11. The van der Waals surface area contributed by atoms with Crippen LogP contribution in [0, 0.1) is 36.3 Å². The van der Waals surface area contributed by atoms with Gasteiger partial charge in [-0.2, -0.15) is 0 Å². The maximum Gasteiger partial charge on any atom is 0.308 e. The van der Waals surface area contributed by atoms with E-state index in [9.17, 15) is 22.7 Å². The van der Waals surface area contributed by atoms with Crippen LogP contribution < -0.4 is 5.32 Å². The van der Waals surface area contributed by atoms with E-state index in [4.69, 9.17) is 9.97 Å². The number of fused-ring (bicyclic) bond motifs is 4. The van der Waals surface area contributed by atoms with Gasteiger partial charge in [-0.25, -0.2) is 31.1 Å². The lowest BCUT2D eigenvalue weighted by molar-refractivity contribution is -0.148. The Hall–Kier alpha value is -4.71. The number of carbonyl (C=O) groups is 1. The van der Waals surface area contributed by atoms with Crippen LogP contribution >= 0.6 is 0 Å². The van der Waals surface area contributed by atoms with E-state index < -0.39 is 33.5 Å². The lowest BCUT2D eigenvalue weighted by Gasteiger charge is -2.47. The van der Waals surface area contributed by atoms with Gasteiger partial charge in [0, 0.05) is 53.3 Å². The van der Waals surface area contributed by atoms with E-state index in [-0.39, 0.29) is 45.1 Å². The predicted molar refractivity (Wildman–Crippen MR) is 164 cm³/mol. The fraction of sp³-hybridized carbons (Fsp3) is 0.273. The smallest absolute Gasteiger partial charge is 0.308 e. The Morgan fingerprint density at radius 3 is 2.42 bits per heavy atom. The van der Waals surface area contributed by atoms with Crippen LogP contribution in [0.25, 0.3) is 33.5 Å². The summed E-state index contributed by atoms with van der Waals surface area (Å²) >= 11 is 0. The first kappa shape index (κ1) is 29.0. The third-order valence-corrected chi connectivity index (χ3v) is 10.8. The first-order chi connectivity index (χ1) is 21.6. The molecule has 230 valence electrons. The average molecular weight is 630 g/mol. The molecule has 0 radical (unpaired) electrons. The molecule has 3 aliphatic rings. The molecule has 0 saturated heterocycles. The molecule has 2 atom stereocenters. The van der Waals surface area contributed by atoms with Crippen molar-refractivity contribution in [3.63, 3.8) is 0 Å². The van der Waals surface area contributed by atoms with Gasteiger partial charge in [0.25, 0.3) is 10.0 Å². The van der Waals surface area contributed by atoms with Crippen LogP contribution in [0.4, 0.5) is 14.6 Å². The number of aliphatic carboxylic acids is 1. The molecule has 9 nitrogen and oxygen atoms in total. The number of aromatic nitrogens is 4. The van der Waals surface area contributed by atoms with E-state index in [1.807, 2.05) is 6.92 Å². The van der Waals surface area contributed by atoms with Crippen molar-refractivity contribution in [2.75, 3.05) is 5.32 Å². The van der Waals surface area contributed by atoms with Gasteiger partial charge in [-0.15, -0.1) is 0 Å². The molecule has 2 unspecified atom stereocenters. The first-order valence-corrected chi connectivity index (χ1v) is 16.2. The lowest BCUT2D eigenvalue weighted by atomic mass is 9.61. The summed E-state index contributed by atoms with van der Waals surface area (Å²) in [4.78, 5) is 25.9. The lowest BCUT2D eigenvalue weighted by Crippen LogP contribution is -2.51. The van der Waals surface area contributed by atoms with Crippen molar-refractivity contribution < 1.29 is 27.1 Å². The molecule has 3 aromatic heterocycles. The van der Waals surface area contributed by atoms with Crippen LogP contribution in [0.1, 0.15) is 31.2 Å². The van der Waals surface area contributed by atoms with E-state index >= 15 is 4.39 Å². The highest BCUT2D eigenvalue weighted by atomic mass is 32.2. The summed E-state index contributed by atoms with van der Waals surface area (Å²) in [6.45, 7) is 1.82. The number of halogens is 2. The van der Waals surface area contributed by atoms with Crippen molar-refractivity contribution in [2.24, 2.45) is 17.8 Å². The fourth-order valence-electron chi connectivity index (χ4n) is 6.93. The Labute approximate surface area is 258 Å². The molecule has 3 heterocycles. The van der Waals surface area contributed by atoms with Crippen molar-refractivity contribution in [3.8, 4) is 22.6 Å². The second kappa shape index (κ2) is 11.0. The maximum absolute atomic E-state index is 15.4. The summed E-state index contributed by atoms with van der Waals surface area (Å²) in [5.41, 5.74) is 1.64. The number of rotatable bonds is 7. The Bertz CT molecular complexity index is 2040. The van der Waals surface area contributed by atoms with Gasteiger partial charge in [-0.1, -0.05) is 17.7 Å². The average Bonchev–Trinajstić information content (AvgIpc) is 3.43. The van der Waals surface area contributed by atoms with E-state index in [0.29, 0.717) is 23.1 Å². The van der Waals surface area contributed by atoms with Crippen LogP contribution in [-0.2, 0) is 14.8 Å². The highest BCUT2D eigenvalue weighted by molar-refractivity contribution is 7.90. The molecule has 2 bridgehead atoms. The second-order valence-corrected chi connectivity index (χ2v) is 13.7. The molecule has 8 rings (SSSR count). The number of hydrogen-bond donors (Lipinski definition) is 2. The molecule has 2 N–H and O–H groups in total. The molecular formula is C33H29F2N5O4S. The highest BCUT2D eigenvalue weighted by Crippen LogP contribution is 2.46. The van der Waals surface area contributed by atoms with Crippen molar-refractivity contribution in [3.05, 3.63) is 90.4 Å². The highest BCUT2D eigenvalue weighted by Gasteiger charge is 2.47. The molecule has 3 fully saturated rings. The topological polar surface area (TPSA) is 127 Å². The summed E-state index contributed by atoms with van der Waals surface area (Å²) in [7, 11) is -4.31. The van der Waals surface area contributed by atoms with Crippen molar-refractivity contribution in [2.45, 2.75) is 43.5 Å². The fourth-order valence-corrected chi connectivity index (χ4v) is 8.30. The standard InChI is InChI=1S/C33H29F2N5O4S/c1-18-4-10-23(11-5-18)45(43,44)40-17-25(24-13-22(34)14-26(35)31(24)40)32-37-27(21-3-2-12-36-16-21)15-28(39-32)38-30-20-8-6-19(7-9-20)29(30)33(41)42/h2-5,10-17,19-20,29-30H,6-9H2,1H3,(H,41,42)(H,37,38,39). The summed E-state index contributed by atoms with van der Waals surface area (Å²) in [6.07, 6.45) is 7.95. The molecule has 3 saturated carbocycles. The normalized spacial score (nSPS) is 21.2. The summed E-state index contributed by atoms with van der Waals surface area (Å²) < 4.78 is 58.6. The zero-order valence-corrected chi connectivity index (χ0v) is 25.0. The zero-order valence-electron chi connectivity index (χ0n) is 24.2. The van der Waals surface area contributed by atoms with Crippen LogP contribution in [-0.4, -0.2) is 44.5 Å². The minimum Gasteiger partial charge on any atom is -0.481 e. The molecule has 5 aromatic rings. The number of benzene rings is 2. The molecule has 2 aromatic carbocycles. The predicted octanol–water partition coefficient (Wildman–Crippen LogP) is 6.29. The second-order valence-electron chi connectivity index (χ2n) is 11.9. The molecule has 0 aliphatic heterocycles. The molecule has 0 spiro atoms. The van der Waals surface area contributed by atoms with E-state index in [1.54, 1.807) is 42.7 Å². The molecular weight excluding hydrogens is 600 g/mol. The number of aryl methyl sites for hydroxylation is 1. The van der Waals surface area contributed by atoms with Crippen molar-refractivity contribution in [1.29, 1.82) is 0 Å². The van der Waals surface area contributed by atoms with Gasteiger partial charge < -0.3 is 10.4 Å². The Morgan fingerprint density at radius 1 is 1.00 bits per heavy atom. The molecule has 45 heavy (non-hydrogen) atoms. The van der Waals surface area contributed by atoms with Crippen molar-refractivity contribution in [1.82, 2.24) is 18.9 Å². The zero-order chi connectivity index (χ0) is 31.5. The van der Waals surface area contributed by atoms with E-state index in [2.05, 4.69) is 10.3 Å². The van der Waals surface area contributed by atoms with Gasteiger partial charge in [-0.3, -0.25) is 9.78 Å². The van der Waals surface area contributed by atoms with Crippen LogP contribution in [0.15, 0.2) is 78.1 Å². The molecule has 0 amide bonds. The maximum atomic E-state index is 15.4. The minimum absolute atomic E-state index is 0.0135. The first-order valence-electron chi connectivity index (χ1n) is 14.7. The Balaban J connectivity index is 1.42. The summed E-state index contributed by atoms with van der Waals surface area (Å²) in [5, 5.41) is 13.5. The SMILES string of the molecule is Cc1ccc(S(=O)(=O)n2cc(-c3nc(NC4C5CCC(CC5)C4C(=O)O)cc(-c4cccnc4)n3)c3cc(F)cc(F)c32)cc1. The van der Waals surface area contributed by atoms with Gasteiger partial charge in [0.1, 0.15) is 17.2 Å². The Kier molecular flexibility index (Phi) is 7.11. The van der Waals surface area contributed by atoms with Crippen LogP contribution in [0.2, 0.25) is 0 Å². The van der Waals surface area contributed by atoms with Gasteiger partial charge >= 0.3 is 5.97 Å². The number of anilines is 1. The number of carboxylic acid groups (broad SMARTS) is 1. The van der Waals surface area contributed by atoms with Gasteiger partial charge in [-0.05, 0) is 74.8 Å². The van der Waals surface area contributed by atoms with Gasteiger partial charge in [0.15, 0.2) is 11.6 Å². The monoisotopic (exact) mass is 629 g/mol. The van der Waals surface area contributed by atoms with E-state index in [1.165, 1.54) is 18.3 Å².